The molecule has 0 spiro atoms. The standard InChI is InChI=1S/C15H28N2O/c18-15(12-13-6-3-1-2-4-7-13)17-11-9-14-8-5-10-16-14/h13-14,16H,1-12H2,(H,17,18)/t14-/m1/s1. The lowest BCUT2D eigenvalue weighted by Crippen LogP contribution is -2.31. The first-order valence-electron chi connectivity index (χ1n) is 7.84. The topological polar surface area (TPSA) is 41.1 Å². The Morgan fingerprint density at radius 1 is 1.06 bits per heavy atom. The normalized spacial score (nSPS) is 25.9. The van der Waals surface area contributed by atoms with Crippen molar-refractivity contribution < 1.29 is 4.79 Å². The fourth-order valence-electron chi connectivity index (χ4n) is 3.29. The van der Waals surface area contributed by atoms with Crippen molar-refractivity contribution in [1.29, 1.82) is 0 Å². The molecule has 18 heavy (non-hydrogen) atoms. The van der Waals surface area contributed by atoms with Crippen LogP contribution in [-0.4, -0.2) is 25.0 Å². The Balaban J connectivity index is 1.56. The number of amides is 1. The molecule has 2 fully saturated rings. The Labute approximate surface area is 111 Å². The Bertz CT molecular complexity index is 241. The summed E-state index contributed by atoms with van der Waals surface area (Å²) >= 11 is 0. The molecule has 1 amide bonds. The molecule has 1 atom stereocenters. The van der Waals surface area contributed by atoms with Gasteiger partial charge in [-0.1, -0.05) is 25.7 Å². The molecule has 0 bridgehead atoms. The monoisotopic (exact) mass is 252 g/mol. The lowest BCUT2D eigenvalue weighted by molar-refractivity contribution is -0.122. The number of rotatable bonds is 5. The fraction of sp³-hybridized carbons (Fsp3) is 0.933. The van der Waals surface area contributed by atoms with E-state index in [0.717, 1.165) is 25.9 Å². The second-order valence-corrected chi connectivity index (χ2v) is 5.99. The van der Waals surface area contributed by atoms with Crippen LogP contribution in [0, 0.1) is 5.92 Å². The number of hydrogen-bond donors (Lipinski definition) is 2. The minimum Gasteiger partial charge on any atom is -0.356 e. The van der Waals surface area contributed by atoms with E-state index < -0.39 is 0 Å². The summed E-state index contributed by atoms with van der Waals surface area (Å²) in [5, 5.41) is 6.57. The zero-order valence-electron chi connectivity index (χ0n) is 11.5. The van der Waals surface area contributed by atoms with E-state index in [0.29, 0.717) is 12.0 Å². The van der Waals surface area contributed by atoms with E-state index in [4.69, 9.17) is 0 Å². The number of nitrogens with one attached hydrogen (secondary N) is 2. The number of hydrogen-bond acceptors (Lipinski definition) is 2. The molecular weight excluding hydrogens is 224 g/mol. The van der Waals surface area contributed by atoms with Crippen molar-refractivity contribution >= 4 is 5.91 Å². The van der Waals surface area contributed by atoms with Gasteiger partial charge in [-0.3, -0.25) is 4.79 Å². The maximum Gasteiger partial charge on any atom is 0.220 e. The molecule has 2 aliphatic rings. The second-order valence-electron chi connectivity index (χ2n) is 5.99. The van der Waals surface area contributed by atoms with E-state index in [1.54, 1.807) is 0 Å². The van der Waals surface area contributed by atoms with Crippen LogP contribution in [0.4, 0.5) is 0 Å². The highest BCUT2D eigenvalue weighted by molar-refractivity contribution is 5.76. The van der Waals surface area contributed by atoms with Crippen molar-refractivity contribution in [1.82, 2.24) is 10.6 Å². The zero-order chi connectivity index (χ0) is 12.6. The largest absolute Gasteiger partial charge is 0.356 e. The number of carbonyl (C=O) groups excluding carboxylic acids is 1. The Morgan fingerprint density at radius 3 is 2.50 bits per heavy atom. The van der Waals surface area contributed by atoms with Gasteiger partial charge in [0.1, 0.15) is 0 Å². The first-order chi connectivity index (χ1) is 8.84. The van der Waals surface area contributed by atoms with Crippen molar-refractivity contribution in [2.24, 2.45) is 5.92 Å². The van der Waals surface area contributed by atoms with Crippen LogP contribution in [0.25, 0.3) is 0 Å². The molecule has 2 rings (SSSR count). The minimum atomic E-state index is 0.278. The van der Waals surface area contributed by atoms with Gasteiger partial charge in [-0.15, -0.1) is 0 Å². The summed E-state index contributed by atoms with van der Waals surface area (Å²) in [5.41, 5.74) is 0. The molecule has 3 nitrogen and oxygen atoms in total. The van der Waals surface area contributed by atoms with E-state index in [1.807, 2.05) is 0 Å². The van der Waals surface area contributed by atoms with Crippen molar-refractivity contribution in [3.05, 3.63) is 0 Å². The number of carbonyl (C=O) groups is 1. The molecule has 1 saturated heterocycles. The second kappa shape index (κ2) is 7.78. The third-order valence-electron chi connectivity index (χ3n) is 4.43. The summed E-state index contributed by atoms with van der Waals surface area (Å²) in [4.78, 5) is 11.9. The molecule has 1 aliphatic carbocycles. The lowest BCUT2D eigenvalue weighted by Gasteiger charge is -2.15. The third kappa shape index (κ3) is 4.97. The predicted molar refractivity (Wildman–Crippen MR) is 74.5 cm³/mol. The summed E-state index contributed by atoms with van der Waals surface area (Å²) in [5.74, 6) is 0.928. The van der Waals surface area contributed by atoms with Gasteiger partial charge in [-0.25, -0.2) is 0 Å². The zero-order valence-corrected chi connectivity index (χ0v) is 11.5. The summed E-state index contributed by atoms with van der Waals surface area (Å²) in [7, 11) is 0. The summed E-state index contributed by atoms with van der Waals surface area (Å²) in [6.07, 6.45) is 12.3. The highest BCUT2D eigenvalue weighted by atomic mass is 16.1. The fourth-order valence-corrected chi connectivity index (χ4v) is 3.29. The predicted octanol–water partition coefficient (Wildman–Crippen LogP) is 2.61. The first-order valence-corrected chi connectivity index (χ1v) is 7.84. The SMILES string of the molecule is O=C(CC1CCCCCC1)NCC[C@H]1CCCN1. The smallest absolute Gasteiger partial charge is 0.220 e. The Morgan fingerprint density at radius 2 is 1.83 bits per heavy atom. The van der Waals surface area contributed by atoms with Gasteiger partial charge in [-0.05, 0) is 44.6 Å². The van der Waals surface area contributed by atoms with Gasteiger partial charge in [0.05, 0.1) is 0 Å². The lowest BCUT2D eigenvalue weighted by atomic mass is 9.96. The molecule has 3 heteroatoms. The molecule has 0 unspecified atom stereocenters. The van der Waals surface area contributed by atoms with Gasteiger partial charge in [0.2, 0.25) is 5.91 Å². The average molecular weight is 252 g/mol. The molecule has 2 N–H and O–H groups in total. The van der Waals surface area contributed by atoms with Crippen molar-refractivity contribution in [2.45, 2.75) is 70.3 Å². The molecule has 0 aromatic carbocycles. The maximum atomic E-state index is 11.9. The Kier molecular flexibility index (Phi) is 5.98. The van der Waals surface area contributed by atoms with Gasteiger partial charge < -0.3 is 10.6 Å². The van der Waals surface area contributed by atoms with E-state index in [2.05, 4.69) is 10.6 Å². The van der Waals surface area contributed by atoms with Crippen LogP contribution in [0.2, 0.25) is 0 Å². The quantitative estimate of drug-likeness (QED) is 0.738. The van der Waals surface area contributed by atoms with Gasteiger partial charge in [0, 0.05) is 19.0 Å². The average Bonchev–Trinajstić information content (AvgIpc) is 2.74. The minimum absolute atomic E-state index is 0.278. The van der Waals surface area contributed by atoms with Crippen LogP contribution < -0.4 is 10.6 Å². The van der Waals surface area contributed by atoms with Crippen LogP contribution in [0.1, 0.15) is 64.2 Å². The molecule has 0 aromatic rings. The molecule has 0 aromatic heterocycles. The highest BCUT2D eigenvalue weighted by Gasteiger charge is 2.17. The van der Waals surface area contributed by atoms with E-state index >= 15 is 0 Å². The van der Waals surface area contributed by atoms with Crippen LogP contribution in [0.3, 0.4) is 0 Å². The van der Waals surface area contributed by atoms with Gasteiger partial charge >= 0.3 is 0 Å². The van der Waals surface area contributed by atoms with Crippen molar-refractivity contribution in [2.75, 3.05) is 13.1 Å². The maximum absolute atomic E-state index is 11.9. The van der Waals surface area contributed by atoms with Crippen LogP contribution in [-0.2, 0) is 4.79 Å². The van der Waals surface area contributed by atoms with Crippen molar-refractivity contribution in [3.8, 4) is 0 Å². The summed E-state index contributed by atoms with van der Waals surface area (Å²) in [6.45, 7) is 2.00. The third-order valence-corrected chi connectivity index (χ3v) is 4.43. The molecular formula is C15H28N2O. The highest BCUT2D eigenvalue weighted by Crippen LogP contribution is 2.25. The van der Waals surface area contributed by atoms with Crippen molar-refractivity contribution in [3.63, 3.8) is 0 Å². The molecule has 104 valence electrons. The van der Waals surface area contributed by atoms with E-state index in [1.165, 1.54) is 51.4 Å². The van der Waals surface area contributed by atoms with Gasteiger partial charge in [0.15, 0.2) is 0 Å². The molecule has 1 heterocycles. The summed E-state index contributed by atoms with van der Waals surface area (Å²) < 4.78 is 0. The van der Waals surface area contributed by atoms with Crippen LogP contribution in [0.15, 0.2) is 0 Å². The van der Waals surface area contributed by atoms with Crippen LogP contribution in [0.5, 0.6) is 0 Å². The van der Waals surface area contributed by atoms with Gasteiger partial charge in [-0.2, -0.15) is 0 Å². The first kappa shape index (κ1) is 13.9. The molecule has 0 radical (unpaired) electrons. The van der Waals surface area contributed by atoms with Crippen LogP contribution >= 0.6 is 0 Å². The molecule has 1 aliphatic heterocycles. The van der Waals surface area contributed by atoms with E-state index in [9.17, 15) is 4.79 Å². The van der Waals surface area contributed by atoms with Gasteiger partial charge in [0.25, 0.3) is 0 Å². The van der Waals surface area contributed by atoms with E-state index in [-0.39, 0.29) is 5.91 Å². The Hall–Kier alpha value is -0.570. The summed E-state index contributed by atoms with van der Waals surface area (Å²) in [6, 6.07) is 0.642. The molecule has 1 saturated carbocycles.